The summed E-state index contributed by atoms with van der Waals surface area (Å²) in [5.41, 5.74) is 2.00. The molecule has 0 fully saturated rings. The lowest BCUT2D eigenvalue weighted by atomic mass is 10.1. The fraction of sp³-hybridized carbons (Fsp3) is 0.381. The zero-order valence-corrected chi connectivity index (χ0v) is 15.6. The van der Waals surface area contributed by atoms with Crippen molar-refractivity contribution in [1.82, 2.24) is 9.55 Å². The first-order valence-electron chi connectivity index (χ1n) is 9.03. The Balaban J connectivity index is 1.77. The molecule has 0 aliphatic carbocycles. The Hall–Kier alpha value is -2.53. The van der Waals surface area contributed by atoms with Crippen molar-refractivity contribution in [2.75, 3.05) is 13.7 Å². The molecule has 5 nitrogen and oxygen atoms in total. The molecule has 3 aromatic rings. The third-order valence-corrected chi connectivity index (χ3v) is 4.63. The molecule has 2 unspecified atom stereocenters. The summed E-state index contributed by atoms with van der Waals surface area (Å²) < 4.78 is 13.2. The molecule has 2 atom stereocenters. The minimum Gasteiger partial charge on any atom is -0.493 e. The van der Waals surface area contributed by atoms with Crippen molar-refractivity contribution in [2.45, 2.75) is 38.8 Å². The highest BCUT2D eigenvalue weighted by molar-refractivity contribution is 5.76. The molecule has 1 N–H and O–H groups in total. The number of para-hydroxylation sites is 4. The van der Waals surface area contributed by atoms with Crippen molar-refractivity contribution in [2.24, 2.45) is 0 Å². The van der Waals surface area contributed by atoms with Gasteiger partial charge in [0.25, 0.3) is 0 Å². The number of hydrogen-bond donors (Lipinski definition) is 1. The average Bonchev–Trinajstić information content (AvgIpc) is 3.04. The Labute approximate surface area is 154 Å². The highest BCUT2D eigenvalue weighted by Crippen LogP contribution is 2.27. The summed E-state index contributed by atoms with van der Waals surface area (Å²) in [6, 6.07) is 15.5. The maximum atomic E-state index is 10.6. The summed E-state index contributed by atoms with van der Waals surface area (Å²) in [6.07, 6.45) is 0.345. The van der Waals surface area contributed by atoms with Gasteiger partial charge in [0.05, 0.1) is 24.7 Å². The number of rotatable bonds is 8. The minimum absolute atomic E-state index is 0.187. The van der Waals surface area contributed by atoms with Gasteiger partial charge < -0.3 is 19.1 Å². The Bertz CT molecular complexity index is 859. The molecule has 1 aromatic heterocycles. The van der Waals surface area contributed by atoms with E-state index in [2.05, 4.69) is 18.4 Å². The van der Waals surface area contributed by atoms with Crippen LogP contribution in [-0.4, -0.2) is 34.5 Å². The molecule has 0 bridgehead atoms. The molecule has 26 heavy (non-hydrogen) atoms. The van der Waals surface area contributed by atoms with Crippen molar-refractivity contribution in [3.05, 3.63) is 54.4 Å². The molecule has 5 heteroatoms. The number of ether oxygens (including phenoxy) is 2. The molecular formula is C21H26N2O3. The van der Waals surface area contributed by atoms with Gasteiger partial charge in [-0.05, 0) is 30.7 Å². The third-order valence-electron chi connectivity index (χ3n) is 4.63. The fourth-order valence-corrected chi connectivity index (χ4v) is 3.03. The van der Waals surface area contributed by atoms with E-state index in [1.807, 2.05) is 48.5 Å². The maximum Gasteiger partial charge on any atom is 0.161 e. The summed E-state index contributed by atoms with van der Waals surface area (Å²) in [6.45, 7) is 4.94. The van der Waals surface area contributed by atoms with Crippen LogP contribution in [-0.2, 0) is 6.54 Å². The third kappa shape index (κ3) is 3.83. The lowest BCUT2D eigenvalue weighted by Gasteiger charge is -2.18. The van der Waals surface area contributed by atoms with E-state index in [0.29, 0.717) is 24.0 Å². The predicted molar refractivity (Wildman–Crippen MR) is 103 cm³/mol. The number of aliphatic hydroxyl groups excluding tert-OH is 1. The Kier molecular flexibility index (Phi) is 5.78. The second kappa shape index (κ2) is 8.23. The van der Waals surface area contributed by atoms with Gasteiger partial charge in [0.15, 0.2) is 11.5 Å². The normalized spacial score (nSPS) is 13.5. The standard InChI is InChI=1S/C21H26N2O3/c1-4-15(2)21-22-17-9-5-6-10-18(17)23(21)13-16(24)14-26-20-12-8-7-11-19(20)25-3/h5-12,15-16,24H,4,13-14H2,1-3H3. The van der Waals surface area contributed by atoms with Crippen molar-refractivity contribution >= 4 is 11.0 Å². The lowest BCUT2D eigenvalue weighted by Crippen LogP contribution is -2.25. The van der Waals surface area contributed by atoms with Gasteiger partial charge in [-0.3, -0.25) is 0 Å². The molecule has 0 aliphatic rings. The lowest BCUT2D eigenvalue weighted by molar-refractivity contribution is 0.0909. The SMILES string of the molecule is CCC(C)c1nc2ccccc2n1CC(O)COc1ccccc1OC. The molecular weight excluding hydrogens is 328 g/mol. The van der Waals surface area contributed by atoms with Crippen LogP contribution < -0.4 is 9.47 Å². The molecule has 0 amide bonds. The van der Waals surface area contributed by atoms with Gasteiger partial charge in [-0.1, -0.05) is 38.1 Å². The molecule has 0 saturated heterocycles. The van der Waals surface area contributed by atoms with Gasteiger partial charge in [0.2, 0.25) is 0 Å². The monoisotopic (exact) mass is 354 g/mol. The number of methoxy groups -OCH3 is 1. The molecule has 0 aliphatic heterocycles. The van der Waals surface area contributed by atoms with Crippen LogP contribution >= 0.6 is 0 Å². The zero-order chi connectivity index (χ0) is 18.5. The van der Waals surface area contributed by atoms with Crippen LogP contribution in [0.2, 0.25) is 0 Å². The Morgan fingerprint density at radius 3 is 2.50 bits per heavy atom. The zero-order valence-electron chi connectivity index (χ0n) is 15.6. The summed E-state index contributed by atoms with van der Waals surface area (Å²) in [5.74, 6) is 2.62. The van der Waals surface area contributed by atoms with Crippen LogP contribution in [0.4, 0.5) is 0 Å². The second-order valence-electron chi connectivity index (χ2n) is 6.49. The fourth-order valence-electron chi connectivity index (χ4n) is 3.03. The van der Waals surface area contributed by atoms with Crippen molar-refractivity contribution < 1.29 is 14.6 Å². The van der Waals surface area contributed by atoms with Crippen LogP contribution in [0.25, 0.3) is 11.0 Å². The second-order valence-corrected chi connectivity index (χ2v) is 6.49. The van der Waals surface area contributed by atoms with Crippen LogP contribution in [0, 0.1) is 0 Å². The van der Waals surface area contributed by atoms with E-state index in [1.165, 1.54) is 0 Å². The van der Waals surface area contributed by atoms with Gasteiger partial charge >= 0.3 is 0 Å². The van der Waals surface area contributed by atoms with E-state index in [1.54, 1.807) is 7.11 Å². The van der Waals surface area contributed by atoms with Crippen molar-refractivity contribution in [1.29, 1.82) is 0 Å². The van der Waals surface area contributed by atoms with E-state index in [-0.39, 0.29) is 6.61 Å². The van der Waals surface area contributed by atoms with Crippen LogP contribution in [0.3, 0.4) is 0 Å². The summed E-state index contributed by atoms with van der Waals surface area (Å²) in [5, 5.41) is 10.6. The molecule has 3 rings (SSSR count). The highest BCUT2D eigenvalue weighted by atomic mass is 16.5. The number of aliphatic hydroxyl groups is 1. The van der Waals surface area contributed by atoms with Crippen LogP contribution in [0.15, 0.2) is 48.5 Å². The summed E-state index contributed by atoms with van der Waals surface area (Å²) in [7, 11) is 1.61. The molecule has 0 saturated carbocycles. The van der Waals surface area contributed by atoms with Crippen LogP contribution in [0.1, 0.15) is 32.0 Å². The number of imidazole rings is 1. The Morgan fingerprint density at radius 2 is 1.77 bits per heavy atom. The van der Waals surface area contributed by atoms with Crippen LogP contribution in [0.5, 0.6) is 11.5 Å². The van der Waals surface area contributed by atoms with Crippen molar-refractivity contribution in [3.8, 4) is 11.5 Å². The first-order valence-corrected chi connectivity index (χ1v) is 9.03. The van der Waals surface area contributed by atoms with Gasteiger partial charge in [0, 0.05) is 5.92 Å². The smallest absolute Gasteiger partial charge is 0.161 e. The number of benzene rings is 2. The molecule has 1 heterocycles. The largest absolute Gasteiger partial charge is 0.493 e. The molecule has 138 valence electrons. The van der Waals surface area contributed by atoms with Crippen molar-refractivity contribution in [3.63, 3.8) is 0 Å². The Morgan fingerprint density at radius 1 is 1.08 bits per heavy atom. The topological polar surface area (TPSA) is 56.5 Å². The number of hydrogen-bond acceptors (Lipinski definition) is 4. The summed E-state index contributed by atoms with van der Waals surface area (Å²) >= 11 is 0. The highest BCUT2D eigenvalue weighted by Gasteiger charge is 2.18. The van der Waals surface area contributed by atoms with E-state index >= 15 is 0 Å². The first kappa shape index (κ1) is 18.3. The first-order chi connectivity index (χ1) is 12.6. The van der Waals surface area contributed by atoms with E-state index < -0.39 is 6.10 Å². The van der Waals surface area contributed by atoms with Gasteiger partial charge in [-0.15, -0.1) is 0 Å². The van der Waals surface area contributed by atoms with E-state index in [9.17, 15) is 5.11 Å². The minimum atomic E-state index is -0.652. The predicted octanol–water partition coefficient (Wildman–Crippen LogP) is 4.00. The van der Waals surface area contributed by atoms with Gasteiger partial charge in [-0.2, -0.15) is 0 Å². The molecule has 0 spiro atoms. The average molecular weight is 354 g/mol. The maximum absolute atomic E-state index is 10.6. The quantitative estimate of drug-likeness (QED) is 0.664. The molecule has 2 aromatic carbocycles. The van der Waals surface area contributed by atoms with Gasteiger partial charge in [0.1, 0.15) is 18.5 Å². The van der Waals surface area contributed by atoms with E-state index in [0.717, 1.165) is 23.3 Å². The number of fused-ring (bicyclic) bond motifs is 1. The number of nitrogens with zero attached hydrogens (tertiary/aromatic N) is 2. The number of aromatic nitrogens is 2. The van der Waals surface area contributed by atoms with Gasteiger partial charge in [-0.25, -0.2) is 4.98 Å². The summed E-state index contributed by atoms with van der Waals surface area (Å²) in [4.78, 5) is 4.77. The van der Waals surface area contributed by atoms with E-state index in [4.69, 9.17) is 14.5 Å². The molecule has 0 radical (unpaired) electrons.